The van der Waals surface area contributed by atoms with E-state index < -0.39 is 0 Å². The highest BCUT2D eigenvalue weighted by molar-refractivity contribution is 9.10. The third-order valence-corrected chi connectivity index (χ3v) is 3.88. The van der Waals surface area contributed by atoms with Gasteiger partial charge in [-0.2, -0.15) is 5.10 Å². The van der Waals surface area contributed by atoms with E-state index in [0.717, 1.165) is 23.0 Å². The highest BCUT2D eigenvalue weighted by atomic mass is 79.9. The zero-order valence-corrected chi connectivity index (χ0v) is 14.1. The van der Waals surface area contributed by atoms with Crippen LogP contribution in [0.3, 0.4) is 0 Å². The van der Waals surface area contributed by atoms with Crippen LogP contribution in [0.4, 0.5) is 0 Å². The van der Waals surface area contributed by atoms with Gasteiger partial charge in [0.1, 0.15) is 5.69 Å². The minimum absolute atomic E-state index is 0.0163. The molecule has 0 bridgehead atoms. The van der Waals surface area contributed by atoms with E-state index >= 15 is 0 Å². The summed E-state index contributed by atoms with van der Waals surface area (Å²) in [6.07, 6.45) is 5.86. The average Bonchev–Trinajstić information content (AvgIpc) is 2.85. The lowest BCUT2D eigenvalue weighted by Crippen LogP contribution is -2.22. The van der Waals surface area contributed by atoms with Gasteiger partial charge in [0.2, 0.25) is 5.78 Å². The van der Waals surface area contributed by atoms with Crippen LogP contribution in [0.2, 0.25) is 0 Å². The van der Waals surface area contributed by atoms with Crippen molar-refractivity contribution < 1.29 is 4.79 Å². The summed E-state index contributed by atoms with van der Waals surface area (Å²) in [7, 11) is 4.00. The summed E-state index contributed by atoms with van der Waals surface area (Å²) in [5.74, 6) is -0.0163. The molecule has 2 aromatic heterocycles. The standard InChI is InChI=1S/C15H19BrN4O/c1-4-11-9-17-6-5-12(11)15(21)14-13(16)10-18-20(14)8-7-19(2)3/h5-6,9-10H,4,7-8H2,1-3H3. The second-order valence-corrected chi connectivity index (χ2v) is 5.94. The molecule has 21 heavy (non-hydrogen) atoms. The molecule has 0 aliphatic rings. The molecule has 0 aliphatic heterocycles. The van der Waals surface area contributed by atoms with Crippen molar-refractivity contribution in [3.05, 3.63) is 46.0 Å². The molecule has 2 heterocycles. The maximum Gasteiger partial charge on any atom is 0.212 e. The Hall–Kier alpha value is -1.53. The van der Waals surface area contributed by atoms with E-state index in [-0.39, 0.29) is 5.78 Å². The highest BCUT2D eigenvalue weighted by Crippen LogP contribution is 2.21. The van der Waals surface area contributed by atoms with Gasteiger partial charge in [-0.3, -0.25) is 14.5 Å². The molecule has 0 fully saturated rings. The molecule has 0 amide bonds. The maximum absolute atomic E-state index is 12.8. The molecule has 0 N–H and O–H groups in total. The third-order valence-electron chi connectivity index (χ3n) is 3.30. The van der Waals surface area contributed by atoms with E-state index in [1.54, 1.807) is 29.3 Å². The Bertz CT molecular complexity index is 636. The van der Waals surface area contributed by atoms with Crippen molar-refractivity contribution in [3.8, 4) is 0 Å². The SMILES string of the molecule is CCc1cnccc1C(=O)c1c(Br)cnn1CCN(C)C. The molecule has 0 unspecified atom stereocenters. The predicted molar refractivity (Wildman–Crippen MR) is 85.5 cm³/mol. The van der Waals surface area contributed by atoms with Crippen LogP contribution in [0, 0.1) is 0 Å². The molecule has 2 aromatic rings. The van der Waals surface area contributed by atoms with Gasteiger partial charge in [-0.1, -0.05) is 6.92 Å². The quantitative estimate of drug-likeness (QED) is 0.750. The number of carbonyl (C=O) groups is 1. The Labute approximate surface area is 133 Å². The zero-order chi connectivity index (χ0) is 15.4. The molecule has 0 atom stereocenters. The van der Waals surface area contributed by atoms with E-state index in [0.29, 0.717) is 17.8 Å². The molecular formula is C15H19BrN4O. The number of ketones is 1. The molecular weight excluding hydrogens is 332 g/mol. The Morgan fingerprint density at radius 1 is 1.38 bits per heavy atom. The number of rotatable bonds is 6. The maximum atomic E-state index is 12.8. The van der Waals surface area contributed by atoms with Crippen LogP contribution >= 0.6 is 15.9 Å². The van der Waals surface area contributed by atoms with Gasteiger partial charge in [-0.05, 0) is 48.1 Å². The predicted octanol–water partition coefficient (Wildman–Crippen LogP) is 2.40. The van der Waals surface area contributed by atoms with Gasteiger partial charge in [-0.25, -0.2) is 0 Å². The monoisotopic (exact) mass is 350 g/mol. The molecule has 5 nitrogen and oxygen atoms in total. The van der Waals surface area contributed by atoms with E-state index in [1.165, 1.54) is 0 Å². The lowest BCUT2D eigenvalue weighted by molar-refractivity contribution is 0.102. The van der Waals surface area contributed by atoms with Crippen molar-refractivity contribution in [1.82, 2.24) is 19.7 Å². The van der Waals surface area contributed by atoms with Gasteiger partial charge in [0.25, 0.3) is 0 Å². The average molecular weight is 351 g/mol. The van der Waals surface area contributed by atoms with Crippen molar-refractivity contribution in [2.75, 3.05) is 20.6 Å². The van der Waals surface area contributed by atoms with Crippen molar-refractivity contribution in [2.45, 2.75) is 19.9 Å². The molecule has 6 heteroatoms. The molecule has 0 saturated heterocycles. The van der Waals surface area contributed by atoms with Crippen LogP contribution in [0.15, 0.2) is 29.1 Å². The molecule has 0 aliphatic carbocycles. The third kappa shape index (κ3) is 3.57. The summed E-state index contributed by atoms with van der Waals surface area (Å²) in [5, 5.41) is 4.30. The largest absolute Gasteiger partial charge is 0.308 e. The van der Waals surface area contributed by atoms with E-state index in [2.05, 4.69) is 30.9 Å². The normalized spacial score (nSPS) is 11.1. The topological polar surface area (TPSA) is 51.0 Å². The van der Waals surface area contributed by atoms with Gasteiger partial charge in [0.05, 0.1) is 17.2 Å². The Kier molecular flexibility index (Phi) is 5.25. The summed E-state index contributed by atoms with van der Waals surface area (Å²) in [5.41, 5.74) is 2.24. The number of hydrogen-bond donors (Lipinski definition) is 0. The van der Waals surface area contributed by atoms with Crippen LogP contribution in [-0.4, -0.2) is 46.1 Å². The van der Waals surface area contributed by atoms with Crippen LogP contribution < -0.4 is 0 Å². The fraction of sp³-hybridized carbons (Fsp3) is 0.400. The van der Waals surface area contributed by atoms with Crippen molar-refractivity contribution >= 4 is 21.7 Å². The Balaban J connectivity index is 2.37. The lowest BCUT2D eigenvalue weighted by atomic mass is 10.0. The van der Waals surface area contributed by atoms with Gasteiger partial charge < -0.3 is 4.90 Å². The second-order valence-electron chi connectivity index (χ2n) is 5.08. The first-order valence-electron chi connectivity index (χ1n) is 6.88. The first kappa shape index (κ1) is 15.9. The van der Waals surface area contributed by atoms with E-state index in [1.807, 2.05) is 21.0 Å². The molecule has 112 valence electrons. The highest BCUT2D eigenvalue weighted by Gasteiger charge is 2.20. The molecule has 2 rings (SSSR count). The lowest BCUT2D eigenvalue weighted by Gasteiger charge is -2.12. The fourth-order valence-corrected chi connectivity index (χ4v) is 2.59. The van der Waals surface area contributed by atoms with Crippen LogP contribution in [0.25, 0.3) is 0 Å². The Morgan fingerprint density at radius 2 is 2.14 bits per heavy atom. The van der Waals surface area contributed by atoms with Crippen LogP contribution in [0.1, 0.15) is 28.5 Å². The minimum atomic E-state index is -0.0163. The summed E-state index contributed by atoms with van der Waals surface area (Å²) in [6, 6.07) is 1.77. The summed E-state index contributed by atoms with van der Waals surface area (Å²) in [6.45, 7) is 3.52. The van der Waals surface area contributed by atoms with Gasteiger partial charge in [0, 0.05) is 24.5 Å². The van der Waals surface area contributed by atoms with Crippen molar-refractivity contribution in [3.63, 3.8) is 0 Å². The van der Waals surface area contributed by atoms with Crippen LogP contribution in [0.5, 0.6) is 0 Å². The second kappa shape index (κ2) is 6.95. The summed E-state index contributed by atoms with van der Waals surface area (Å²) in [4.78, 5) is 19.0. The van der Waals surface area contributed by atoms with Crippen LogP contribution in [-0.2, 0) is 13.0 Å². The van der Waals surface area contributed by atoms with Gasteiger partial charge in [-0.15, -0.1) is 0 Å². The van der Waals surface area contributed by atoms with Gasteiger partial charge >= 0.3 is 0 Å². The minimum Gasteiger partial charge on any atom is -0.308 e. The van der Waals surface area contributed by atoms with E-state index in [9.17, 15) is 4.79 Å². The zero-order valence-electron chi connectivity index (χ0n) is 12.5. The smallest absolute Gasteiger partial charge is 0.212 e. The molecule has 0 aromatic carbocycles. The Morgan fingerprint density at radius 3 is 2.81 bits per heavy atom. The summed E-state index contributed by atoms with van der Waals surface area (Å²) < 4.78 is 2.48. The first-order chi connectivity index (χ1) is 10.0. The fourth-order valence-electron chi connectivity index (χ4n) is 2.11. The van der Waals surface area contributed by atoms with Gasteiger partial charge in [0.15, 0.2) is 0 Å². The number of hydrogen-bond acceptors (Lipinski definition) is 4. The number of likely N-dealkylation sites (N-methyl/N-ethyl adjacent to an activating group) is 1. The molecule has 0 spiro atoms. The number of nitrogens with zero attached hydrogens (tertiary/aromatic N) is 4. The number of aromatic nitrogens is 3. The van der Waals surface area contributed by atoms with E-state index in [4.69, 9.17) is 0 Å². The summed E-state index contributed by atoms with van der Waals surface area (Å²) >= 11 is 3.44. The number of aryl methyl sites for hydroxylation is 1. The van der Waals surface area contributed by atoms with Crippen molar-refractivity contribution in [2.24, 2.45) is 0 Å². The molecule has 0 saturated carbocycles. The van der Waals surface area contributed by atoms with Crippen molar-refractivity contribution in [1.29, 1.82) is 0 Å². The number of halogens is 1. The number of pyridine rings is 1. The molecule has 0 radical (unpaired) electrons. The number of carbonyl (C=O) groups excluding carboxylic acids is 1. The first-order valence-corrected chi connectivity index (χ1v) is 7.67.